The minimum atomic E-state index is 0.839. The molecule has 2 heterocycles. The second-order valence-corrected chi connectivity index (χ2v) is 4.98. The second-order valence-electron chi connectivity index (χ2n) is 4.98. The third-order valence-corrected chi connectivity index (χ3v) is 3.50. The van der Waals surface area contributed by atoms with Gasteiger partial charge in [-0.3, -0.25) is 0 Å². The molecule has 1 aromatic rings. The van der Waals surface area contributed by atoms with Gasteiger partial charge in [-0.1, -0.05) is 19.8 Å². The Balaban J connectivity index is 2.11. The van der Waals surface area contributed by atoms with Gasteiger partial charge in [0.2, 0.25) is 5.95 Å². The minimum Gasteiger partial charge on any atom is -0.341 e. The van der Waals surface area contributed by atoms with Crippen LogP contribution in [0.1, 0.15) is 43.9 Å². The molecule has 0 aromatic carbocycles. The van der Waals surface area contributed by atoms with Crippen molar-refractivity contribution in [1.29, 1.82) is 0 Å². The molecule has 0 aliphatic carbocycles. The van der Waals surface area contributed by atoms with Gasteiger partial charge < -0.3 is 10.2 Å². The Morgan fingerprint density at radius 3 is 2.61 bits per heavy atom. The number of aryl methyl sites for hydroxylation is 1. The molecule has 0 spiro atoms. The molecule has 1 aromatic heterocycles. The van der Waals surface area contributed by atoms with E-state index in [1.807, 2.05) is 6.20 Å². The van der Waals surface area contributed by atoms with Crippen LogP contribution in [0.15, 0.2) is 6.20 Å². The van der Waals surface area contributed by atoms with Gasteiger partial charge >= 0.3 is 0 Å². The van der Waals surface area contributed by atoms with Crippen LogP contribution in [0.3, 0.4) is 0 Å². The topological polar surface area (TPSA) is 41.1 Å². The molecule has 1 N–H and O–H groups in total. The first-order valence-corrected chi connectivity index (χ1v) is 7.09. The molecular formula is C14H24N4. The van der Waals surface area contributed by atoms with Gasteiger partial charge in [0.25, 0.3) is 0 Å². The second kappa shape index (κ2) is 6.69. The predicted molar refractivity (Wildman–Crippen MR) is 74.8 cm³/mol. The summed E-state index contributed by atoms with van der Waals surface area (Å²) in [6.07, 6.45) is 7.17. The van der Waals surface area contributed by atoms with Crippen LogP contribution in [-0.2, 0) is 6.54 Å². The van der Waals surface area contributed by atoms with E-state index in [0.717, 1.165) is 37.8 Å². The summed E-state index contributed by atoms with van der Waals surface area (Å²) in [5, 5.41) is 3.34. The summed E-state index contributed by atoms with van der Waals surface area (Å²) in [5.74, 6) is 0.912. The van der Waals surface area contributed by atoms with Crippen molar-refractivity contribution < 1.29 is 0 Å². The average Bonchev–Trinajstić information content (AvgIpc) is 2.67. The number of nitrogens with zero attached hydrogens (tertiary/aromatic N) is 3. The fourth-order valence-electron chi connectivity index (χ4n) is 2.31. The molecular weight excluding hydrogens is 224 g/mol. The van der Waals surface area contributed by atoms with Gasteiger partial charge in [0.15, 0.2) is 0 Å². The van der Waals surface area contributed by atoms with Gasteiger partial charge in [0.1, 0.15) is 0 Å². The van der Waals surface area contributed by atoms with Crippen molar-refractivity contribution in [2.24, 2.45) is 0 Å². The molecule has 0 unspecified atom stereocenters. The van der Waals surface area contributed by atoms with Crippen molar-refractivity contribution in [2.75, 3.05) is 24.5 Å². The first-order valence-electron chi connectivity index (χ1n) is 7.09. The molecule has 4 nitrogen and oxygen atoms in total. The summed E-state index contributed by atoms with van der Waals surface area (Å²) in [7, 11) is 0. The lowest BCUT2D eigenvalue weighted by Gasteiger charge is -2.21. The molecule has 0 atom stereocenters. The van der Waals surface area contributed by atoms with E-state index in [2.05, 4.69) is 29.0 Å². The number of rotatable bonds is 4. The number of aromatic nitrogens is 2. The van der Waals surface area contributed by atoms with E-state index in [1.54, 1.807) is 0 Å². The van der Waals surface area contributed by atoms with Gasteiger partial charge in [-0.2, -0.15) is 0 Å². The quantitative estimate of drug-likeness (QED) is 0.887. The van der Waals surface area contributed by atoms with Crippen LogP contribution in [0, 0.1) is 6.92 Å². The van der Waals surface area contributed by atoms with Gasteiger partial charge in [0, 0.05) is 25.8 Å². The largest absolute Gasteiger partial charge is 0.341 e. The zero-order chi connectivity index (χ0) is 12.8. The molecule has 1 saturated heterocycles. The Morgan fingerprint density at radius 1 is 1.22 bits per heavy atom. The highest BCUT2D eigenvalue weighted by Gasteiger charge is 2.13. The first-order chi connectivity index (χ1) is 8.81. The van der Waals surface area contributed by atoms with Gasteiger partial charge in [-0.05, 0) is 31.9 Å². The fourth-order valence-corrected chi connectivity index (χ4v) is 2.31. The molecule has 1 aliphatic heterocycles. The highest BCUT2D eigenvalue weighted by Crippen LogP contribution is 2.16. The van der Waals surface area contributed by atoms with E-state index < -0.39 is 0 Å². The molecule has 0 amide bonds. The smallest absolute Gasteiger partial charge is 0.225 e. The van der Waals surface area contributed by atoms with Crippen molar-refractivity contribution in [2.45, 2.75) is 46.1 Å². The van der Waals surface area contributed by atoms with Crippen molar-refractivity contribution in [3.05, 3.63) is 17.5 Å². The highest BCUT2D eigenvalue weighted by molar-refractivity contribution is 5.33. The number of anilines is 1. The predicted octanol–water partition coefficient (Wildman–Crippen LogP) is 2.27. The molecule has 2 rings (SSSR count). The molecule has 1 fully saturated rings. The first kappa shape index (κ1) is 13.3. The lowest BCUT2D eigenvalue weighted by Crippen LogP contribution is -2.27. The zero-order valence-electron chi connectivity index (χ0n) is 11.6. The van der Waals surface area contributed by atoms with E-state index in [1.165, 1.54) is 31.2 Å². The Kier molecular flexibility index (Phi) is 4.93. The number of nitrogens with one attached hydrogen (secondary N) is 1. The molecule has 18 heavy (non-hydrogen) atoms. The van der Waals surface area contributed by atoms with Crippen LogP contribution in [0.2, 0.25) is 0 Å². The molecule has 0 saturated carbocycles. The van der Waals surface area contributed by atoms with Gasteiger partial charge in [-0.15, -0.1) is 0 Å². The van der Waals surface area contributed by atoms with Crippen molar-refractivity contribution in [3.63, 3.8) is 0 Å². The summed E-state index contributed by atoms with van der Waals surface area (Å²) in [5.41, 5.74) is 2.31. The summed E-state index contributed by atoms with van der Waals surface area (Å²) in [6, 6.07) is 0. The number of hydrogen-bond donors (Lipinski definition) is 1. The van der Waals surface area contributed by atoms with Crippen LogP contribution < -0.4 is 10.2 Å². The fraction of sp³-hybridized carbons (Fsp3) is 0.714. The standard InChI is InChI=1S/C14H24N4/c1-3-15-11-13-12(2)10-16-14(17-13)18-8-6-4-5-7-9-18/h10,15H,3-9,11H2,1-2H3. The Morgan fingerprint density at radius 2 is 1.94 bits per heavy atom. The Labute approximate surface area is 110 Å². The normalized spacial score (nSPS) is 16.7. The average molecular weight is 248 g/mol. The monoisotopic (exact) mass is 248 g/mol. The third kappa shape index (κ3) is 3.42. The van der Waals surface area contributed by atoms with Crippen LogP contribution in [-0.4, -0.2) is 29.6 Å². The minimum absolute atomic E-state index is 0.839. The van der Waals surface area contributed by atoms with Crippen LogP contribution in [0.5, 0.6) is 0 Å². The Bertz CT molecular complexity index is 370. The highest BCUT2D eigenvalue weighted by atomic mass is 15.2. The Hall–Kier alpha value is -1.16. The van der Waals surface area contributed by atoms with Crippen LogP contribution >= 0.6 is 0 Å². The van der Waals surface area contributed by atoms with Crippen molar-refractivity contribution in [1.82, 2.24) is 15.3 Å². The zero-order valence-corrected chi connectivity index (χ0v) is 11.6. The summed E-state index contributed by atoms with van der Waals surface area (Å²) >= 11 is 0. The maximum atomic E-state index is 4.73. The maximum absolute atomic E-state index is 4.73. The van der Waals surface area contributed by atoms with Crippen molar-refractivity contribution >= 4 is 5.95 Å². The van der Waals surface area contributed by atoms with E-state index >= 15 is 0 Å². The summed E-state index contributed by atoms with van der Waals surface area (Å²) < 4.78 is 0. The third-order valence-electron chi connectivity index (χ3n) is 3.50. The van der Waals surface area contributed by atoms with E-state index in [-0.39, 0.29) is 0 Å². The molecule has 1 aliphatic rings. The van der Waals surface area contributed by atoms with Gasteiger partial charge in [0.05, 0.1) is 5.69 Å². The van der Waals surface area contributed by atoms with E-state index in [4.69, 9.17) is 4.98 Å². The van der Waals surface area contributed by atoms with Gasteiger partial charge in [-0.25, -0.2) is 9.97 Å². The van der Waals surface area contributed by atoms with Crippen LogP contribution in [0.25, 0.3) is 0 Å². The van der Waals surface area contributed by atoms with Crippen LogP contribution in [0.4, 0.5) is 5.95 Å². The molecule has 100 valence electrons. The molecule has 0 radical (unpaired) electrons. The molecule has 4 heteroatoms. The molecule has 0 bridgehead atoms. The summed E-state index contributed by atoms with van der Waals surface area (Å²) in [4.78, 5) is 11.6. The SMILES string of the molecule is CCNCc1nc(N2CCCCCC2)ncc1C. The number of hydrogen-bond acceptors (Lipinski definition) is 4. The van der Waals surface area contributed by atoms with E-state index in [9.17, 15) is 0 Å². The maximum Gasteiger partial charge on any atom is 0.225 e. The lowest BCUT2D eigenvalue weighted by molar-refractivity contribution is 0.693. The van der Waals surface area contributed by atoms with E-state index in [0.29, 0.717) is 0 Å². The van der Waals surface area contributed by atoms with Crippen molar-refractivity contribution in [3.8, 4) is 0 Å². The lowest BCUT2D eigenvalue weighted by atomic mass is 10.2. The summed E-state index contributed by atoms with van der Waals surface area (Å²) in [6.45, 7) is 8.21.